The summed E-state index contributed by atoms with van der Waals surface area (Å²) >= 11 is 3.22. The average molecular weight is 416 g/mol. The van der Waals surface area contributed by atoms with Crippen LogP contribution in [0.1, 0.15) is 16.9 Å². The smallest absolute Gasteiger partial charge is 0.260 e. The molecular formula is C17H17N7O2S2. The molecule has 1 fully saturated rings. The van der Waals surface area contributed by atoms with Gasteiger partial charge in [-0.25, -0.2) is 9.38 Å². The minimum Gasteiger partial charge on any atom is -0.378 e. The van der Waals surface area contributed by atoms with Gasteiger partial charge in [-0.05, 0) is 24.8 Å². The highest BCUT2D eigenvalue weighted by Crippen LogP contribution is 2.40. The molecule has 0 unspecified atom stereocenters. The maximum Gasteiger partial charge on any atom is 0.260 e. The van der Waals surface area contributed by atoms with Crippen molar-refractivity contribution >= 4 is 50.6 Å². The fourth-order valence-corrected chi connectivity index (χ4v) is 6.31. The molecule has 28 heavy (non-hydrogen) atoms. The van der Waals surface area contributed by atoms with Gasteiger partial charge in [-0.15, -0.1) is 21.5 Å². The lowest BCUT2D eigenvalue weighted by Crippen LogP contribution is -2.41. The van der Waals surface area contributed by atoms with Crippen molar-refractivity contribution in [1.82, 2.24) is 34.1 Å². The number of carbonyl (C=O) groups is 1. The standard InChI is InChI=1S/C17H17N7O2S2/c25-12(22-4-6-26-7-5-22)8-27-17-21-20-16-23(17)15-13(14-18-9-19-24(14)16)10-2-1-3-11(10)28-15/h9H,1-8H2. The molecule has 0 aromatic carbocycles. The van der Waals surface area contributed by atoms with Crippen molar-refractivity contribution in [2.24, 2.45) is 0 Å². The maximum absolute atomic E-state index is 12.5. The molecule has 144 valence electrons. The fourth-order valence-electron chi connectivity index (χ4n) is 4.04. The molecule has 0 radical (unpaired) electrons. The van der Waals surface area contributed by atoms with Crippen molar-refractivity contribution in [3.63, 3.8) is 0 Å². The van der Waals surface area contributed by atoms with E-state index in [1.54, 1.807) is 22.2 Å². The Labute approximate surface area is 167 Å². The van der Waals surface area contributed by atoms with Crippen LogP contribution in [0.4, 0.5) is 0 Å². The van der Waals surface area contributed by atoms with Gasteiger partial charge in [0.05, 0.1) is 24.4 Å². The number of hydrogen-bond donors (Lipinski definition) is 0. The maximum atomic E-state index is 12.5. The minimum atomic E-state index is 0.108. The van der Waals surface area contributed by atoms with Crippen LogP contribution in [0.2, 0.25) is 0 Å². The second-order valence-electron chi connectivity index (χ2n) is 6.93. The summed E-state index contributed by atoms with van der Waals surface area (Å²) in [6, 6.07) is 0. The van der Waals surface area contributed by atoms with Crippen LogP contribution in [0.25, 0.3) is 21.6 Å². The minimum absolute atomic E-state index is 0.108. The molecule has 1 saturated heterocycles. The first kappa shape index (κ1) is 16.7. The fraction of sp³-hybridized carbons (Fsp3) is 0.471. The van der Waals surface area contributed by atoms with E-state index in [4.69, 9.17) is 4.74 Å². The third-order valence-electron chi connectivity index (χ3n) is 5.37. The number of amides is 1. The molecular weight excluding hydrogens is 398 g/mol. The summed E-state index contributed by atoms with van der Waals surface area (Å²) in [6.45, 7) is 2.52. The Hall–Kier alpha value is -2.24. The van der Waals surface area contributed by atoms with Crippen molar-refractivity contribution in [3.05, 3.63) is 16.8 Å². The van der Waals surface area contributed by atoms with E-state index in [0.29, 0.717) is 37.8 Å². The molecule has 4 aromatic heterocycles. The Morgan fingerprint density at radius 1 is 1.25 bits per heavy atom. The van der Waals surface area contributed by atoms with E-state index in [1.165, 1.54) is 28.6 Å². The lowest BCUT2D eigenvalue weighted by atomic mass is 10.2. The van der Waals surface area contributed by atoms with E-state index in [-0.39, 0.29) is 5.91 Å². The highest BCUT2D eigenvalue weighted by atomic mass is 32.2. The third-order valence-corrected chi connectivity index (χ3v) is 7.56. The molecule has 0 spiro atoms. The summed E-state index contributed by atoms with van der Waals surface area (Å²) in [5.41, 5.74) is 2.23. The second kappa shape index (κ2) is 6.39. The zero-order valence-corrected chi connectivity index (χ0v) is 16.6. The summed E-state index contributed by atoms with van der Waals surface area (Å²) in [5, 5.41) is 15.0. The van der Waals surface area contributed by atoms with Gasteiger partial charge in [0.15, 0.2) is 10.8 Å². The zero-order valence-electron chi connectivity index (χ0n) is 15.0. The van der Waals surface area contributed by atoms with Crippen LogP contribution >= 0.6 is 23.1 Å². The number of rotatable bonds is 3. The van der Waals surface area contributed by atoms with Crippen molar-refractivity contribution in [2.75, 3.05) is 32.1 Å². The van der Waals surface area contributed by atoms with Gasteiger partial charge in [0.2, 0.25) is 5.91 Å². The van der Waals surface area contributed by atoms with Gasteiger partial charge >= 0.3 is 0 Å². The van der Waals surface area contributed by atoms with Crippen LogP contribution in [0.15, 0.2) is 11.5 Å². The number of fused-ring (bicyclic) bond motifs is 8. The van der Waals surface area contributed by atoms with Crippen LogP contribution in [-0.4, -0.2) is 72.1 Å². The predicted octanol–water partition coefficient (Wildman–Crippen LogP) is 1.43. The molecule has 6 rings (SSSR count). The van der Waals surface area contributed by atoms with Crippen LogP contribution in [-0.2, 0) is 22.4 Å². The van der Waals surface area contributed by atoms with E-state index >= 15 is 0 Å². The monoisotopic (exact) mass is 415 g/mol. The van der Waals surface area contributed by atoms with Crippen molar-refractivity contribution < 1.29 is 9.53 Å². The molecule has 1 aliphatic heterocycles. The molecule has 1 aliphatic carbocycles. The Kier molecular flexibility index (Phi) is 3.81. The summed E-state index contributed by atoms with van der Waals surface area (Å²) < 4.78 is 9.12. The average Bonchev–Trinajstić information content (AvgIpc) is 3.47. The van der Waals surface area contributed by atoms with E-state index in [9.17, 15) is 4.79 Å². The SMILES string of the molecule is O=C(CSc1nnc2n3ncnc3c3c4c(sc3n12)CCC4)N1CCOCC1. The number of morpholine rings is 1. The molecule has 0 N–H and O–H groups in total. The van der Waals surface area contributed by atoms with Gasteiger partial charge in [-0.1, -0.05) is 11.8 Å². The summed E-state index contributed by atoms with van der Waals surface area (Å²) in [4.78, 5) is 21.4. The Morgan fingerprint density at radius 3 is 3.04 bits per heavy atom. The normalized spacial score (nSPS) is 17.2. The van der Waals surface area contributed by atoms with Gasteiger partial charge in [-0.3, -0.25) is 4.79 Å². The second-order valence-corrected chi connectivity index (χ2v) is 8.96. The molecule has 0 saturated carbocycles. The molecule has 2 aliphatic rings. The van der Waals surface area contributed by atoms with E-state index in [0.717, 1.165) is 33.9 Å². The highest BCUT2D eigenvalue weighted by molar-refractivity contribution is 7.99. The van der Waals surface area contributed by atoms with Crippen molar-refractivity contribution in [3.8, 4) is 0 Å². The summed E-state index contributed by atoms with van der Waals surface area (Å²) in [5.74, 6) is 1.08. The van der Waals surface area contributed by atoms with Gasteiger partial charge < -0.3 is 9.64 Å². The van der Waals surface area contributed by atoms with Crippen molar-refractivity contribution in [1.29, 1.82) is 0 Å². The molecule has 0 atom stereocenters. The number of carbonyl (C=O) groups excluding carboxylic acids is 1. The number of thiophene rings is 1. The van der Waals surface area contributed by atoms with E-state index < -0.39 is 0 Å². The van der Waals surface area contributed by atoms with Crippen LogP contribution < -0.4 is 0 Å². The predicted molar refractivity (Wildman–Crippen MR) is 105 cm³/mol. The molecule has 4 aromatic rings. The molecule has 0 bridgehead atoms. The third kappa shape index (κ3) is 2.39. The van der Waals surface area contributed by atoms with Gasteiger partial charge in [0.1, 0.15) is 11.2 Å². The molecule has 1 amide bonds. The van der Waals surface area contributed by atoms with E-state index in [1.807, 2.05) is 9.30 Å². The van der Waals surface area contributed by atoms with Gasteiger partial charge in [-0.2, -0.15) is 9.61 Å². The number of aromatic nitrogens is 6. The number of hydrogen-bond acceptors (Lipinski definition) is 8. The van der Waals surface area contributed by atoms with Gasteiger partial charge in [0, 0.05) is 18.0 Å². The van der Waals surface area contributed by atoms with E-state index in [2.05, 4.69) is 20.3 Å². The van der Waals surface area contributed by atoms with Crippen LogP contribution in [0.5, 0.6) is 0 Å². The first-order chi connectivity index (χ1) is 13.8. The lowest BCUT2D eigenvalue weighted by molar-refractivity contribution is -0.132. The number of nitrogens with zero attached hydrogens (tertiary/aromatic N) is 7. The number of aryl methyl sites for hydroxylation is 2. The van der Waals surface area contributed by atoms with Crippen molar-refractivity contribution in [2.45, 2.75) is 24.4 Å². The topological polar surface area (TPSA) is 89.9 Å². The summed E-state index contributed by atoms with van der Waals surface area (Å²) in [7, 11) is 0. The Morgan fingerprint density at radius 2 is 2.14 bits per heavy atom. The Bertz CT molecular complexity index is 1220. The first-order valence-electron chi connectivity index (χ1n) is 9.30. The largest absolute Gasteiger partial charge is 0.378 e. The summed E-state index contributed by atoms with van der Waals surface area (Å²) in [6.07, 6.45) is 4.94. The zero-order chi connectivity index (χ0) is 18.7. The quantitative estimate of drug-likeness (QED) is 0.468. The number of ether oxygens (including phenoxy) is 1. The highest BCUT2D eigenvalue weighted by Gasteiger charge is 2.26. The van der Waals surface area contributed by atoms with Crippen LogP contribution in [0.3, 0.4) is 0 Å². The number of thioether (sulfide) groups is 1. The van der Waals surface area contributed by atoms with Crippen LogP contribution in [0, 0.1) is 0 Å². The van der Waals surface area contributed by atoms with Gasteiger partial charge in [0.25, 0.3) is 5.78 Å². The Balaban J connectivity index is 1.44. The molecule has 11 heteroatoms. The molecule has 9 nitrogen and oxygen atoms in total. The molecule has 5 heterocycles. The lowest BCUT2D eigenvalue weighted by Gasteiger charge is -2.26. The first-order valence-corrected chi connectivity index (χ1v) is 11.1.